The first-order valence-electron chi connectivity index (χ1n) is 4.53. The molecular formula is C12H12NP. The van der Waals surface area contributed by atoms with E-state index >= 15 is 0 Å². The maximum atomic E-state index is 2.72. The highest BCUT2D eigenvalue weighted by atomic mass is 31.0. The molecule has 0 saturated heterocycles. The van der Waals surface area contributed by atoms with Gasteiger partial charge in [0.25, 0.3) is 0 Å². The van der Waals surface area contributed by atoms with Gasteiger partial charge in [0.2, 0.25) is 0 Å². The van der Waals surface area contributed by atoms with Crippen LogP contribution in [0.15, 0.2) is 60.7 Å². The lowest BCUT2D eigenvalue weighted by Crippen LogP contribution is -1.99. The monoisotopic (exact) mass is 201 g/mol. The largest absolute Gasteiger partial charge is 0.326 e. The van der Waals surface area contributed by atoms with Crippen molar-refractivity contribution in [1.29, 1.82) is 0 Å². The molecule has 0 saturated carbocycles. The number of nitrogens with zero attached hydrogens (tertiary/aromatic N) is 1. The number of rotatable bonds is 2. The molecule has 0 aromatic heterocycles. The Bertz CT molecular complexity index is 346. The van der Waals surface area contributed by atoms with Crippen LogP contribution >= 0.6 is 9.39 Å². The Morgan fingerprint density at radius 3 is 1.36 bits per heavy atom. The van der Waals surface area contributed by atoms with E-state index < -0.39 is 0 Å². The highest BCUT2D eigenvalue weighted by Gasteiger charge is 2.00. The van der Waals surface area contributed by atoms with Crippen LogP contribution in [0, 0.1) is 0 Å². The summed E-state index contributed by atoms with van der Waals surface area (Å²) in [5.41, 5.74) is 2.34. The predicted octanol–water partition coefficient (Wildman–Crippen LogP) is 3.61. The van der Waals surface area contributed by atoms with E-state index in [0.717, 1.165) is 0 Å². The zero-order valence-electron chi connectivity index (χ0n) is 7.80. The molecule has 2 heteroatoms. The van der Waals surface area contributed by atoms with Gasteiger partial charge in [0.1, 0.15) is 0 Å². The maximum absolute atomic E-state index is 2.72. The van der Waals surface area contributed by atoms with E-state index in [9.17, 15) is 0 Å². The zero-order valence-corrected chi connectivity index (χ0v) is 8.95. The second-order valence-corrected chi connectivity index (χ2v) is 3.56. The molecule has 2 rings (SSSR count). The zero-order chi connectivity index (χ0) is 9.80. The van der Waals surface area contributed by atoms with Crippen LogP contribution in [0.5, 0.6) is 0 Å². The summed E-state index contributed by atoms with van der Waals surface area (Å²) in [6, 6.07) is 20.5. The molecule has 0 aliphatic carbocycles. The van der Waals surface area contributed by atoms with Gasteiger partial charge in [0.05, 0.1) is 0 Å². The standard InChI is InChI=1S/C12H12NP/c14-13(11-7-3-1-4-8-11)12-9-5-2-6-10-12/h1-10H,14H2. The normalized spacial score (nSPS) is 9.79. The smallest absolute Gasteiger partial charge is 0.0441 e. The molecule has 0 aliphatic rings. The van der Waals surface area contributed by atoms with Gasteiger partial charge in [-0.15, -0.1) is 0 Å². The Morgan fingerprint density at radius 2 is 1.00 bits per heavy atom. The van der Waals surface area contributed by atoms with Gasteiger partial charge < -0.3 is 4.67 Å². The van der Waals surface area contributed by atoms with Crippen LogP contribution in [0.2, 0.25) is 0 Å². The minimum absolute atomic E-state index is 1.17. The SMILES string of the molecule is PN(c1ccccc1)c1ccccc1. The number of hydrogen-bond donors (Lipinski definition) is 0. The van der Waals surface area contributed by atoms with Gasteiger partial charge in [-0.05, 0) is 33.7 Å². The molecule has 14 heavy (non-hydrogen) atoms. The fourth-order valence-electron chi connectivity index (χ4n) is 1.33. The molecular weight excluding hydrogens is 189 g/mol. The fourth-order valence-corrected chi connectivity index (χ4v) is 1.67. The number of benzene rings is 2. The topological polar surface area (TPSA) is 3.24 Å². The van der Waals surface area contributed by atoms with Gasteiger partial charge in [-0.25, -0.2) is 0 Å². The van der Waals surface area contributed by atoms with Crippen LogP contribution in [-0.2, 0) is 0 Å². The predicted molar refractivity (Wildman–Crippen MR) is 64.7 cm³/mol. The van der Waals surface area contributed by atoms with Crippen molar-refractivity contribution in [1.82, 2.24) is 0 Å². The fraction of sp³-hybridized carbons (Fsp3) is 0. The lowest BCUT2D eigenvalue weighted by molar-refractivity contribution is 1.43. The molecule has 1 atom stereocenters. The molecule has 0 fully saturated rings. The van der Waals surface area contributed by atoms with E-state index in [4.69, 9.17) is 0 Å². The molecule has 2 aromatic rings. The van der Waals surface area contributed by atoms with Crippen LogP contribution < -0.4 is 4.67 Å². The summed E-state index contributed by atoms with van der Waals surface area (Å²) in [7, 11) is 2.72. The lowest BCUT2D eigenvalue weighted by Gasteiger charge is -2.18. The van der Waals surface area contributed by atoms with Gasteiger partial charge in [-0.2, -0.15) is 0 Å². The number of anilines is 2. The molecule has 0 radical (unpaired) electrons. The Hall–Kier alpha value is -1.33. The van der Waals surface area contributed by atoms with Crippen LogP contribution in [0.25, 0.3) is 0 Å². The summed E-state index contributed by atoms with van der Waals surface area (Å²) in [5.74, 6) is 0. The van der Waals surface area contributed by atoms with E-state index in [-0.39, 0.29) is 0 Å². The molecule has 1 unspecified atom stereocenters. The first kappa shape index (κ1) is 9.23. The molecule has 0 heterocycles. The summed E-state index contributed by atoms with van der Waals surface area (Å²) in [6.45, 7) is 0. The molecule has 0 N–H and O–H groups in total. The molecule has 0 amide bonds. The van der Waals surface area contributed by atoms with E-state index in [1.165, 1.54) is 11.4 Å². The summed E-state index contributed by atoms with van der Waals surface area (Å²) in [4.78, 5) is 0. The summed E-state index contributed by atoms with van der Waals surface area (Å²) >= 11 is 0. The van der Waals surface area contributed by atoms with Gasteiger partial charge >= 0.3 is 0 Å². The molecule has 0 spiro atoms. The summed E-state index contributed by atoms with van der Waals surface area (Å²) < 4.78 is 2.08. The van der Waals surface area contributed by atoms with Crippen molar-refractivity contribution in [3.05, 3.63) is 60.7 Å². The first-order valence-corrected chi connectivity index (χ1v) is 5.04. The van der Waals surface area contributed by atoms with E-state index in [2.05, 4.69) is 38.3 Å². The molecule has 70 valence electrons. The van der Waals surface area contributed by atoms with Crippen LogP contribution in [0.3, 0.4) is 0 Å². The molecule has 0 aliphatic heterocycles. The first-order chi connectivity index (χ1) is 6.88. The van der Waals surface area contributed by atoms with Gasteiger partial charge in [0.15, 0.2) is 0 Å². The minimum atomic E-state index is 1.17. The van der Waals surface area contributed by atoms with Crippen molar-refractivity contribution in [3.8, 4) is 0 Å². The van der Waals surface area contributed by atoms with Crippen molar-refractivity contribution >= 4 is 20.8 Å². The quantitative estimate of drug-likeness (QED) is 0.671. The average Bonchev–Trinajstić information content (AvgIpc) is 2.30. The van der Waals surface area contributed by atoms with E-state index in [1.54, 1.807) is 0 Å². The number of para-hydroxylation sites is 2. The van der Waals surface area contributed by atoms with Crippen LogP contribution in [0.1, 0.15) is 0 Å². The Kier molecular flexibility index (Phi) is 2.81. The van der Waals surface area contributed by atoms with Gasteiger partial charge in [-0.3, -0.25) is 0 Å². The van der Waals surface area contributed by atoms with Crippen molar-refractivity contribution in [2.24, 2.45) is 0 Å². The van der Waals surface area contributed by atoms with E-state index in [1.807, 2.05) is 36.4 Å². The Morgan fingerprint density at radius 1 is 0.643 bits per heavy atom. The third-order valence-electron chi connectivity index (χ3n) is 2.07. The summed E-state index contributed by atoms with van der Waals surface area (Å²) in [5, 5.41) is 0. The maximum Gasteiger partial charge on any atom is 0.0441 e. The van der Waals surface area contributed by atoms with Crippen molar-refractivity contribution in [2.75, 3.05) is 4.67 Å². The van der Waals surface area contributed by atoms with Gasteiger partial charge in [0, 0.05) is 11.4 Å². The van der Waals surface area contributed by atoms with Crippen molar-refractivity contribution < 1.29 is 0 Å². The van der Waals surface area contributed by atoms with Gasteiger partial charge in [-0.1, -0.05) is 36.4 Å². The van der Waals surface area contributed by atoms with Crippen LogP contribution in [-0.4, -0.2) is 0 Å². The van der Waals surface area contributed by atoms with Crippen molar-refractivity contribution in [3.63, 3.8) is 0 Å². The van der Waals surface area contributed by atoms with Crippen molar-refractivity contribution in [2.45, 2.75) is 0 Å². The van der Waals surface area contributed by atoms with E-state index in [0.29, 0.717) is 0 Å². The molecule has 2 aromatic carbocycles. The third kappa shape index (κ3) is 1.94. The number of hydrogen-bond acceptors (Lipinski definition) is 1. The molecule has 1 nitrogen and oxygen atoms in total. The minimum Gasteiger partial charge on any atom is -0.326 e. The van der Waals surface area contributed by atoms with Crippen LogP contribution in [0.4, 0.5) is 11.4 Å². The Labute approximate surface area is 86.6 Å². The highest BCUT2D eigenvalue weighted by molar-refractivity contribution is 7.19. The lowest BCUT2D eigenvalue weighted by atomic mass is 10.3. The second-order valence-electron chi connectivity index (χ2n) is 3.04. The Balaban J connectivity index is 2.30. The second kappa shape index (κ2) is 4.26. The average molecular weight is 201 g/mol. The molecule has 0 bridgehead atoms. The summed E-state index contributed by atoms with van der Waals surface area (Å²) in [6.07, 6.45) is 0. The third-order valence-corrected chi connectivity index (χ3v) is 2.67. The highest BCUT2D eigenvalue weighted by Crippen LogP contribution is 2.27.